The summed E-state index contributed by atoms with van der Waals surface area (Å²) in [5, 5.41) is 18.0. The normalized spacial score (nSPS) is 13.0. The Hall–Kier alpha value is -1.58. The second kappa shape index (κ2) is 11.0. The Morgan fingerprint density at radius 1 is 1.27 bits per heavy atom. The van der Waals surface area contributed by atoms with Gasteiger partial charge in [0, 0.05) is 17.1 Å². The monoisotopic (exact) mass is 335 g/mol. The summed E-state index contributed by atoms with van der Waals surface area (Å²) >= 11 is 1.22. The molecule has 0 aromatic carbocycles. The molecule has 0 rings (SSSR count). The second-order valence-electron chi connectivity index (χ2n) is 4.49. The van der Waals surface area contributed by atoms with Gasteiger partial charge in [-0.05, 0) is 6.92 Å². The van der Waals surface area contributed by atoms with E-state index in [0.29, 0.717) is 5.75 Å². The summed E-state index contributed by atoms with van der Waals surface area (Å²) in [5.74, 6) is -1.71. The molecular formula is C13H21NO7S. The van der Waals surface area contributed by atoms with Gasteiger partial charge >= 0.3 is 17.9 Å². The van der Waals surface area contributed by atoms with Crippen LogP contribution < -0.4 is 5.73 Å². The number of hydrogen-bond acceptors (Lipinski definition) is 8. The smallest absolute Gasteiger partial charge is 0.333 e. The highest BCUT2D eigenvalue weighted by Crippen LogP contribution is 2.05. The minimum absolute atomic E-state index is 0.0648. The third kappa shape index (κ3) is 10.2. The van der Waals surface area contributed by atoms with E-state index in [4.69, 9.17) is 20.3 Å². The highest BCUT2D eigenvalue weighted by molar-refractivity contribution is 7.99. The average Bonchev–Trinajstić information content (AvgIpc) is 2.46. The molecule has 0 aliphatic heterocycles. The zero-order valence-corrected chi connectivity index (χ0v) is 13.1. The van der Waals surface area contributed by atoms with Crippen LogP contribution in [-0.2, 0) is 23.9 Å². The molecule has 0 aliphatic rings. The summed E-state index contributed by atoms with van der Waals surface area (Å²) in [7, 11) is 0. The number of hydrogen-bond donors (Lipinski definition) is 3. The molecule has 0 saturated heterocycles. The first kappa shape index (κ1) is 20.4. The van der Waals surface area contributed by atoms with E-state index in [1.165, 1.54) is 18.7 Å². The van der Waals surface area contributed by atoms with Crippen molar-refractivity contribution in [1.82, 2.24) is 0 Å². The number of thioether (sulfide) groups is 1. The fourth-order valence-electron chi connectivity index (χ4n) is 1.04. The lowest BCUT2D eigenvalue weighted by molar-refractivity contribution is -0.150. The van der Waals surface area contributed by atoms with Gasteiger partial charge in [0.25, 0.3) is 0 Å². The van der Waals surface area contributed by atoms with Crippen molar-refractivity contribution in [3.05, 3.63) is 12.2 Å². The SMILES string of the molecule is C=C(C)C(=O)OCC(O)COC(=O)CCSCC(N)C(=O)O. The summed E-state index contributed by atoms with van der Waals surface area (Å²) in [6.45, 7) is 4.28. The van der Waals surface area contributed by atoms with Crippen LogP contribution in [0.15, 0.2) is 12.2 Å². The fraction of sp³-hybridized carbons (Fsp3) is 0.615. The zero-order valence-electron chi connectivity index (χ0n) is 12.3. The summed E-state index contributed by atoms with van der Waals surface area (Å²) in [5.41, 5.74) is 5.50. The van der Waals surface area contributed by atoms with Gasteiger partial charge in [0.05, 0.1) is 6.42 Å². The number of carbonyl (C=O) groups is 3. The summed E-state index contributed by atoms with van der Waals surface area (Å²) in [6.07, 6.45) is -1.05. The van der Waals surface area contributed by atoms with Crippen LogP contribution in [0.5, 0.6) is 0 Å². The van der Waals surface area contributed by atoms with Crippen LogP contribution in [0.1, 0.15) is 13.3 Å². The maximum atomic E-state index is 11.4. The molecule has 0 amide bonds. The van der Waals surface area contributed by atoms with E-state index in [2.05, 4.69) is 6.58 Å². The minimum Gasteiger partial charge on any atom is -0.480 e. The molecule has 22 heavy (non-hydrogen) atoms. The zero-order chi connectivity index (χ0) is 17.1. The van der Waals surface area contributed by atoms with Crippen LogP contribution in [0.2, 0.25) is 0 Å². The van der Waals surface area contributed by atoms with E-state index in [1.807, 2.05) is 0 Å². The number of aliphatic carboxylic acids is 1. The lowest BCUT2D eigenvalue weighted by Crippen LogP contribution is -2.32. The van der Waals surface area contributed by atoms with Crippen molar-refractivity contribution in [1.29, 1.82) is 0 Å². The maximum Gasteiger partial charge on any atom is 0.333 e. The van der Waals surface area contributed by atoms with E-state index in [-0.39, 0.29) is 31.0 Å². The number of ether oxygens (including phenoxy) is 2. The lowest BCUT2D eigenvalue weighted by Gasteiger charge is -2.12. The Balaban J connectivity index is 3.70. The summed E-state index contributed by atoms with van der Waals surface area (Å²) in [4.78, 5) is 32.9. The second-order valence-corrected chi connectivity index (χ2v) is 5.64. The highest BCUT2D eigenvalue weighted by atomic mass is 32.2. The van der Waals surface area contributed by atoms with Crippen molar-refractivity contribution >= 4 is 29.7 Å². The van der Waals surface area contributed by atoms with Crippen molar-refractivity contribution in [3.63, 3.8) is 0 Å². The van der Waals surface area contributed by atoms with Crippen molar-refractivity contribution < 1.29 is 34.1 Å². The molecule has 0 saturated carbocycles. The molecule has 0 aromatic heterocycles. The molecular weight excluding hydrogens is 314 g/mol. The third-order valence-electron chi connectivity index (χ3n) is 2.26. The Morgan fingerprint density at radius 2 is 1.86 bits per heavy atom. The number of carboxylic acid groups (broad SMARTS) is 1. The highest BCUT2D eigenvalue weighted by Gasteiger charge is 2.13. The lowest BCUT2D eigenvalue weighted by atomic mass is 10.3. The van der Waals surface area contributed by atoms with Gasteiger partial charge in [0.15, 0.2) is 0 Å². The number of esters is 2. The minimum atomic E-state index is -1.11. The molecule has 4 N–H and O–H groups in total. The number of carboxylic acids is 1. The van der Waals surface area contributed by atoms with Crippen LogP contribution in [0.25, 0.3) is 0 Å². The molecule has 0 fully saturated rings. The molecule has 0 aromatic rings. The van der Waals surface area contributed by atoms with Gasteiger partial charge in [0.2, 0.25) is 0 Å². The van der Waals surface area contributed by atoms with Gasteiger partial charge in [-0.15, -0.1) is 0 Å². The van der Waals surface area contributed by atoms with E-state index < -0.39 is 30.1 Å². The molecule has 0 bridgehead atoms. The topological polar surface area (TPSA) is 136 Å². The standard InChI is InChI=1S/C13H21NO7S/c1-8(2)13(19)21-6-9(15)5-20-11(16)3-4-22-7-10(14)12(17)18/h9-10,15H,1,3-7,14H2,2H3,(H,17,18). The van der Waals surface area contributed by atoms with E-state index in [1.54, 1.807) is 0 Å². The number of aliphatic hydroxyl groups is 1. The Bertz CT molecular complexity index is 413. The van der Waals surface area contributed by atoms with Gasteiger partial charge in [-0.1, -0.05) is 6.58 Å². The van der Waals surface area contributed by atoms with Crippen molar-refractivity contribution in [2.24, 2.45) is 5.73 Å². The van der Waals surface area contributed by atoms with Crippen molar-refractivity contribution in [2.45, 2.75) is 25.5 Å². The van der Waals surface area contributed by atoms with E-state index in [9.17, 15) is 19.5 Å². The first-order valence-electron chi connectivity index (χ1n) is 6.46. The molecule has 0 aliphatic carbocycles. The molecule has 0 radical (unpaired) electrons. The summed E-state index contributed by atoms with van der Waals surface area (Å²) < 4.78 is 9.48. The average molecular weight is 335 g/mol. The number of nitrogens with two attached hydrogens (primary N) is 1. The van der Waals surface area contributed by atoms with Crippen LogP contribution in [-0.4, -0.2) is 65.0 Å². The van der Waals surface area contributed by atoms with Gasteiger partial charge in [-0.3, -0.25) is 9.59 Å². The Kier molecular flexibility index (Phi) is 10.3. The number of carbonyl (C=O) groups excluding carboxylic acids is 2. The predicted molar refractivity (Wildman–Crippen MR) is 80.3 cm³/mol. The van der Waals surface area contributed by atoms with Crippen LogP contribution in [0.3, 0.4) is 0 Å². The third-order valence-corrected chi connectivity index (χ3v) is 3.34. The van der Waals surface area contributed by atoms with Gasteiger partial charge in [-0.2, -0.15) is 11.8 Å². The molecule has 2 atom stereocenters. The molecule has 2 unspecified atom stereocenters. The molecule has 0 heterocycles. The predicted octanol–water partition coefficient (Wildman–Crippen LogP) is -0.455. The van der Waals surface area contributed by atoms with Crippen LogP contribution >= 0.6 is 11.8 Å². The first-order valence-corrected chi connectivity index (χ1v) is 7.62. The van der Waals surface area contributed by atoms with Crippen molar-refractivity contribution in [3.8, 4) is 0 Å². The first-order chi connectivity index (χ1) is 10.2. The number of rotatable bonds is 11. The van der Waals surface area contributed by atoms with Gasteiger partial charge < -0.3 is 25.4 Å². The van der Waals surface area contributed by atoms with E-state index >= 15 is 0 Å². The molecule has 126 valence electrons. The van der Waals surface area contributed by atoms with E-state index in [0.717, 1.165) is 0 Å². The summed E-state index contributed by atoms with van der Waals surface area (Å²) in [6, 6.07) is -0.967. The molecule has 8 nitrogen and oxygen atoms in total. The van der Waals surface area contributed by atoms with Crippen molar-refractivity contribution in [2.75, 3.05) is 24.7 Å². The van der Waals surface area contributed by atoms with Crippen LogP contribution in [0.4, 0.5) is 0 Å². The molecule has 0 spiro atoms. The largest absolute Gasteiger partial charge is 0.480 e. The van der Waals surface area contributed by atoms with Gasteiger partial charge in [-0.25, -0.2) is 4.79 Å². The quantitative estimate of drug-likeness (QED) is 0.260. The van der Waals surface area contributed by atoms with Crippen LogP contribution in [0, 0.1) is 0 Å². The number of aliphatic hydroxyl groups excluding tert-OH is 1. The fourth-order valence-corrected chi connectivity index (χ4v) is 1.92. The molecule has 9 heteroatoms. The Labute approximate surface area is 132 Å². The Morgan fingerprint density at radius 3 is 2.41 bits per heavy atom. The maximum absolute atomic E-state index is 11.4. The van der Waals surface area contributed by atoms with Gasteiger partial charge in [0.1, 0.15) is 25.4 Å².